The van der Waals surface area contributed by atoms with Crippen LogP contribution in [0.2, 0.25) is 0 Å². The van der Waals surface area contributed by atoms with Crippen LogP contribution < -0.4 is 9.47 Å². The van der Waals surface area contributed by atoms with Crippen molar-refractivity contribution in [3.63, 3.8) is 0 Å². The lowest BCUT2D eigenvalue weighted by Gasteiger charge is -2.16. The molecule has 6 nitrogen and oxygen atoms in total. The molecule has 1 aromatic carbocycles. The standard InChI is InChI=1S/C15H21NO5/c1-4-16(3)14(17)10-21-12-7-6-11(9-15(18)19)8-13(12)20-5-2/h6-8H,4-5,9-10H2,1-3H3,(H,18,19). The summed E-state index contributed by atoms with van der Waals surface area (Å²) in [5.74, 6) is -0.160. The molecule has 0 unspecified atom stereocenters. The van der Waals surface area contributed by atoms with Crippen LogP contribution in [-0.2, 0) is 16.0 Å². The van der Waals surface area contributed by atoms with Crippen molar-refractivity contribution in [3.8, 4) is 11.5 Å². The Hall–Kier alpha value is -2.24. The molecule has 1 rings (SSSR count). The molecular formula is C15H21NO5. The molecule has 0 aliphatic rings. The number of amides is 1. The summed E-state index contributed by atoms with van der Waals surface area (Å²) in [5, 5.41) is 8.80. The highest BCUT2D eigenvalue weighted by Crippen LogP contribution is 2.28. The maximum absolute atomic E-state index is 11.7. The zero-order valence-corrected chi connectivity index (χ0v) is 12.6. The Kier molecular flexibility index (Phi) is 6.52. The average molecular weight is 295 g/mol. The molecule has 0 spiro atoms. The number of hydrogen-bond donors (Lipinski definition) is 1. The molecular weight excluding hydrogens is 274 g/mol. The molecule has 21 heavy (non-hydrogen) atoms. The number of carboxylic acid groups (broad SMARTS) is 1. The minimum Gasteiger partial charge on any atom is -0.490 e. The lowest BCUT2D eigenvalue weighted by molar-refractivity contribution is -0.136. The van der Waals surface area contributed by atoms with Crippen molar-refractivity contribution in [2.75, 3.05) is 26.8 Å². The van der Waals surface area contributed by atoms with E-state index in [9.17, 15) is 9.59 Å². The van der Waals surface area contributed by atoms with Crippen LogP contribution in [0.25, 0.3) is 0 Å². The summed E-state index contributed by atoms with van der Waals surface area (Å²) in [6.45, 7) is 4.66. The molecule has 0 bridgehead atoms. The van der Waals surface area contributed by atoms with Crippen LogP contribution in [0.15, 0.2) is 18.2 Å². The first-order valence-electron chi connectivity index (χ1n) is 6.82. The van der Waals surface area contributed by atoms with Crippen LogP contribution in [0.3, 0.4) is 0 Å². The van der Waals surface area contributed by atoms with Crippen LogP contribution in [0.4, 0.5) is 0 Å². The Morgan fingerprint density at radius 1 is 1.19 bits per heavy atom. The van der Waals surface area contributed by atoms with Crippen molar-refractivity contribution in [3.05, 3.63) is 23.8 Å². The first kappa shape index (κ1) is 16.8. The molecule has 116 valence electrons. The summed E-state index contributed by atoms with van der Waals surface area (Å²) in [6, 6.07) is 4.91. The Morgan fingerprint density at radius 3 is 2.48 bits per heavy atom. The van der Waals surface area contributed by atoms with Crippen molar-refractivity contribution >= 4 is 11.9 Å². The van der Waals surface area contributed by atoms with Crippen LogP contribution in [-0.4, -0.2) is 48.7 Å². The second kappa shape index (κ2) is 8.14. The number of carboxylic acids is 1. The predicted octanol–water partition coefficient (Wildman–Crippen LogP) is 1.57. The SMILES string of the molecule is CCOc1cc(CC(=O)O)ccc1OCC(=O)N(C)CC. The average Bonchev–Trinajstić information content (AvgIpc) is 2.45. The number of aliphatic carboxylic acids is 1. The van der Waals surface area contributed by atoms with Gasteiger partial charge in [-0.25, -0.2) is 0 Å². The van der Waals surface area contributed by atoms with Gasteiger partial charge in [0.25, 0.3) is 5.91 Å². The largest absolute Gasteiger partial charge is 0.490 e. The Labute approximate surface area is 124 Å². The minimum absolute atomic E-state index is 0.0807. The van der Waals surface area contributed by atoms with Gasteiger partial charge < -0.3 is 19.5 Å². The van der Waals surface area contributed by atoms with E-state index in [1.54, 1.807) is 30.1 Å². The fraction of sp³-hybridized carbons (Fsp3) is 0.467. The number of nitrogens with zero attached hydrogens (tertiary/aromatic N) is 1. The van der Waals surface area contributed by atoms with Crippen LogP contribution in [0.1, 0.15) is 19.4 Å². The van der Waals surface area contributed by atoms with E-state index in [-0.39, 0.29) is 18.9 Å². The number of ether oxygens (including phenoxy) is 2. The number of hydrogen-bond acceptors (Lipinski definition) is 4. The van der Waals surface area contributed by atoms with Crippen molar-refractivity contribution in [2.45, 2.75) is 20.3 Å². The molecule has 0 aliphatic heterocycles. The van der Waals surface area contributed by atoms with Crippen molar-refractivity contribution < 1.29 is 24.2 Å². The van der Waals surface area contributed by atoms with Gasteiger partial charge in [-0.1, -0.05) is 6.07 Å². The maximum Gasteiger partial charge on any atom is 0.307 e. The van der Waals surface area contributed by atoms with E-state index in [2.05, 4.69) is 0 Å². The van der Waals surface area contributed by atoms with Gasteiger partial charge in [0, 0.05) is 13.6 Å². The monoisotopic (exact) mass is 295 g/mol. The third-order valence-electron chi connectivity index (χ3n) is 2.91. The first-order valence-corrected chi connectivity index (χ1v) is 6.82. The van der Waals surface area contributed by atoms with Gasteiger partial charge in [0.05, 0.1) is 13.0 Å². The van der Waals surface area contributed by atoms with Gasteiger partial charge in [-0.15, -0.1) is 0 Å². The number of carbonyl (C=O) groups is 2. The summed E-state index contributed by atoms with van der Waals surface area (Å²) in [5.41, 5.74) is 0.621. The summed E-state index contributed by atoms with van der Waals surface area (Å²) in [7, 11) is 1.70. The van der Waals surface area contributed by atoms with Gasteiger partial charge in [-0.05, 0) is 31.5 Å². The third-order valence-corrected chi connectivity index (χ3v) is 2.91. The minimum atomic E-state index is -0.911. The molecule has 1 aromatic rings. The summed E-state index contributed by atoms with van der Waals surface area (Å²) < 4.78 is 10.9. The third kappa shape index (κ3) is 5.33. The predicted molar refractivity (Wildman–Crippen MR) is 77.8 cm³/mol. The van der Waals surface area contributed by atoms with E-state index in [0.717, 1.165) is 0 Å². The van der Waals surface area contributed by atoms with Crippen LogP contribution in [0, 0.1) is 0 Å². The van der Waals surface area contributed by atoms with Crippen LogP contribution in [0.5, 0.6) is 11.5 Å². The molecule has 0 aliphatic carbocycles. The van der Waals surface area contributed by atoms with Gasteiger partial charge in [0.1, 0.15) is 0 Å². The molecule has 1 N–H and O–H groups in total. The second-order valence-electron chi connectivity index (χ2n) is 4.48. The zero-order valence-electron chi connectivity index (χ0n) is 12.6. The van der Waals surface area contributed by atoms with Gasteiger partial charge in [-0.2, -0.15) is 0 Å². The molecule has 0 atom stereocenters. The van der Waals surface area contributed by atoms with Gasteiger partial charge >= 0.3 is 5.97 Å². The van der Waals surface area contributed by atoms with E-state index in [0.29, 0.717) is 30.2 Å². The van der Waals surface area contributed by atoms with Crippen molar-refractivity contribution in [1.29, 1.82) is 0 Å². The molecule has 0 heterocycles. The van der Waals surface area contributed by atoms with Gasteiger partial charge in [0.2, 0.25) is 0 Å². The highest BCUT2D eigenvalue weighted by Gasteiger charge is 2.12. The van der Waals surface area contributed by atoms with Crippen molar-refractivity contribution in [1.82, 2.24) is 4.90 Å². The Balaban J connectivity index is 2.80. The maximum atomic E-state index is 11.7. The van der Waals surface area contributed by atoms with Gasteiger partial charge in [0.15, 0.2) is 18.1 Å². The Bertz CT molecular complexity index is 501. The molecule has 0 fully saturated rings. The highest BCUT2D eigenvalue weighted by molar-refractivity contribution is 5.77. The quantitative estimate of drug-likeness (QED) is 0.788. The highest BCUT2D eigenvalue weighted by atomic mass is 16.5. The molecule has 0 saturated heterocycles. The van der Waals surface area contributed by atoms with Crippen LogP contribution >= 0.6 is 0 Å². The number of rotatable bonds is 8. The second-order valence-corrected chi connectivity index (χ2v) is 4.48. The molecule has 0 aromatic heterocycles. The van der Waals surface area contributed by atoms with Crippen molar-refractivity contribution in [2.24, 2.45) is 0 Å². The fourth-order valence-corrected chi connectivity index (χ4v) is 1.65. The van der Waals surface area contributed by atoms with E-state index >= 15 is 0 Å². The van der Waals surface area contributed by atoms with E-state index in [1.807, 2.05) is 13.8 Å². The molecule has 1 amide bonds. The number of carbonyl (C=O) groups excluding carboxylic acids is 1. The zero-order chi connectivity index (χ0) is 15.8. The number of benzene rings is 1. The molecule has 6 heteroatoms. The normalized spacial score (nSPS) is 10.0. The van der Waals surface area contributed by atoms with Gasteiger partial charge in [-0.3, -0.25) is 9.59 Å². The summed E-state index contributed by atoms with van der Waals surface area (Å²) in [4.78, 5) is 24.0. The van der Waals surface area contributed by atoms with E-state index in [1.165, 1.54) is 0 Å². The topological polar surface area (TPSA) is 76.1 Å². The Morgan fingerprint density at radius 2 is 1.90 bits per heavy atom. The van der Waals surface area contributed by atoms with E-state index in [4.69, 9.17) is 14.6 Å². The summed E-state index contributed by atoms with van der Waals surface area (Å²) >= 11 is 0. The first-order chi connectivity index (χ1) is 9.97. The smallest absolute Gasteiger partial charge is 0.307 e. The molecule has 0 radical (unpaired) electrons. The lowest BCUT2D eigenvalue weighted by Crippen LogP contribution is -2.31. The lowest BCUT2D eigenvalue weighted by atomic mass is 10.1. The number of likely N-dealkylation sites (N-methyl/N-ethyl adjacent to an activating group) is 1. The van der Waals surface area contributed by atoms with E-state index < -0.39 is 5.97 Å². The molecule has 0 saturated carbocycles. The fourth-order valence-electron chi connectivity index (χ4n) is 1.65. The summed E-state index contributed by atoms with van der Waals surface area (Å²) in [6.07, 6.45) is -0.0855.